The molecule has 4 heterocycles. The lowest BCUT2D eigenvalue weighted by atomic mass is 9.99. The van der Waals surface area contributed by atoms with Gasteiger partial charge in [-0.2, -0.15) is 0 Å². The Balaban J connectivity index is 0.000000154. The second-order valence-electron chi connectivity index (χ2n) is 14.4. The van der Waals surface area contributed by atoms with Gasteiger partial charge in [-0.1, -0.05) is 182 Å². The molecule has 8 nitrogen and oxygen atoms in total. The number of nitrogens with zero attached hydrogens (tertiary/aromatic N) is 4. The van der Waals surface area contributed by atoms with Crippen molar-refractivity contribution < 1.29 is 8.83 Å². The summed E-state index contributed by atoms with van der Waals surface area (Å²) in [5.41, 5.74) is 9.69. The predicted octanol–water partition coefficient (Wildman–Crippen LogP) is 13.5. The van der Waals surface area contributed by atoms with Crippen molar-refractivity contribution in [3.05, 3.63) is 206 Å². The van der Waals surface area contributed by atoms with E-state index in [-0.39, 0.29) is 12.1 Å². The van der Waals surface area contributed by atoms with Crippen molar-refractivity contribution in [2.24, 2.45) is 0 Å². The number of fused-ring (bicyclic) bond motifs is 2. The molecule has 6 aromatic carbocycles. The Morgan fingerprint density at radius 2 is 0.667 bits per heavy atom. The van der Waals surface area contributed by atoms with E-state index in [4.69, 9.17) is 8.83 Å². The van der Waals surface area contributed by atoms with Crippen molar-refractivity contribution in [3.8, 4) is 44.9 Å². The van der Waals surface area contributed by atoms with Crippen LogP contribution in [0.2, 0.25) is 0 Å². The summed E-state index contributed by atoms with van der Waals surface area (Å²) in [6.45, 7) is 4.26. The summed E-state index contributed by atoms with van der Waals surface area (Å²) in [6, 6.07) is 61.6. The largest absolute Gasteiger partial charge is 0.437 e. The lowest BCUT2D eigenvalue weighted by Gasteiger charge is -2.15. The molecule has 10 rings (SSSR count). The number of furan rings is 2. The van der Waals surface area contributed by atoms with E-state index in [1.807, 2.05) is 109 Å². The molecule has 0 saturated heterocycles. The Kier molecular flexibility index (Phi) is 10.9. The van der Waals surface area contributed by atoms with E-state index in [1.165, 1.54) is 11.1 Å². The molecule has 10 aromatic rings. The van der Waals surface area contributed by atoms with Gasteiger partial charge in [0, 0.05) is 34.3 Å². The van der Waals surface area contributed by atoms with Crippen LogP contribution in [0.4, 0.5) is 11.6 Å². The van der Waals surface area contributed by atoms with Gasteiger partial charge in [-0.15, -0.1) is 0 Å². The highest BCUT2D eigenvalue weighted by Crippen LogP contribution is 2.44. The molecule has 8 heteroatoms. The fourth-order valence-corrected chi connectivity index (χ4v) is 7.49. The highest BCUT2D eigenvalue weighted by atomic mass is 16.3. The molecule has 0 aliphatic carbocycles. The molecule has 0 radical (unpaired) electrons. The Morgan fingerprint density at radius 3 is 1.00 bits per heavy atom. The zero-order chi connectivity index (χ0) is 40.7. The molecule has 0 amide bonds. The molecular formula is C52H42N6O2. The van der Waals surface area contributed by atoms with Crippen LogP contribution in [0, 0.1) is 0 Å². The number of anilines is 2. The first kappa shape index (κ1) is 37.7. The lowest BCUT2D eigenvalue weighted by Crippen LogP contribution is -2.08. The van der Waals surface area contributed by atoms with Gasteiger partial charge in [0.25, 0.3) is 0 Å². The molecule has 0 aliphatic rings. The molecule has 0 fully saturated rings. The minimum atomic E-state index is 0.0861. The maximum atomic E-state index is 6.28. The van der Waals surface area contributed by atoms with Crippen LogP contribution in [0.5, 0.6) is 0 Å². The average molecular weight is 783 g/mol. The van der Waals surface area contributed by atoms with E-state index in [0.717, 1.165) is 67.3 Å². The van der Waals surface area contributed by atoms with Crippen molar-refractivity contribution in [2.45, 2.75) is 25.9 Å². The smallest absolute Gasteiger partial charge is 0.232 e. The number of aromatic nitrogens is 4. The maximum absolute atomic E-state index is 6.28. The molecule has 0 unspecified atom stereocenters. The fourth-order valence-electron chi connectivity index (χ4n) is 7.49. The molecule has 60 heavy (non-hydrogen) atoms. The molecular weight excluding hydrogens is 741 g/mol. The second kappa shape index (κ2) is 17.3. The minimum absolute atomic E-state index is 0.0861. The van der Waals surface area contributed by atoms with Gasteiger partial charge in [-0.3, -0.25) is 0 Å². The van der Waals surface area contributed by atoms with E-state index in [1.54, 1.807) is 12.7 Å². The van der Waals surface area contributed by atoms with E-state index < -0.39 is 0 Å². The molecule has 0 aliphatic heterocycles. The first-order chi connectivity index (χ1) is 29.6. The third-order valence-electron chi connectivity index (χ3n) is 10.5. The summed E-state index contributed by atoms with van der Waals surface area (Å²) in [7, 11) is 0. The standard InChI is InChI=1S/2C26H21N3O/c2*1-18(19-11-5-2-6-12-19)29-25-23-22(20-13-7-3-8-14-20)24(21-15-9-4-10-16-21)30-26(23)28-17-27-25/h2*2-18H,1H3,(H,27,28,29)/t2*18-/m10/s1. The predicted molar refractivity (Wildman–Crippen MR) is 242 cm³/mol. The van der Waals surface area contributed by atoms with Crippen molar-refractivity contribution >= 4 is 33.8 Å². The topological polar surface area (TPSA) is 102 Å². The molecule has 0 spiro atoms. The molecule has 292 valence electrons. The Hall–Kier alpha value is -7.84. The van der Waals surface area contributed by atoms with E-state index in [2.05, 4.69) is 117 Å². The van der Waals surface area contributed by atoms with Gasteiger partial charge in [0.1, 0.15) is 35.8 Å². The van der Waals surface area contributed by atoms with Gasteiger partial charge in [0.2, 0.25) is 11.4 Å². The van der Waals surface area contributed by atoms with E-state index in [9.17, 15) is 0 Å². The fraction of sp³-hybridized carbons (Fsp3) is 0.0769. The molecule has 0 saturated carbocycles. The van der Waals surface area contributed by atoms with Crippen LogP contribution < -0.4 is 10.6 Å². The van der Waals surface area contributed by atoms with E-state index in [0.29, 0.717) is 11.4 Å². The number of hydrogen-bond donors (Lipinski definition) is 2. The number of benzene rings is 6. The maximum Gasteiger partial charge on any atom is 0.232 e. The lowest BCUT2D eigenvalue weighted by molar-refractivity contribution is 0.618. The summed E-state index contributed by atoms with van der Waals surface area (Å²) in [4.78, 5) is 18.0. The van der Waals surface area contributed by atoms with Crippen LogP contribution in [0.25, 0.3) is 67.1 Å². The van der Waals surface area contributed by atoms with Crippen LogP contribution in [0.15, 0.2) is 203 Å². The van der Waals surface area contributed by atoms with Crippen LogP contribution in [0.1, 0.15) is 37.1 Å². The molecule has 2 N–H and O–H groups in total. The van der Waals surface area contributed by atoms with Crippen molar-refractivity contribution in [1.82, 2.24) is 19.9 Å². The number of nitrogens with one attached hydrogen (secondary N) is 2. The third-order valence-corrected chi connectivity index (χ3v) is 10.5. The molecule has 4 aromatic heterocycles. The van der Waals surface area contributed by atoms with Crippen LogP contribution >= 0.6 is 0 Å². The van der Waals surface area contributed by atoms with Crippen LogP contribution in [0.3, 0.4) is 0 Å². The van der Waals surface area contributed by atoms with Crippen LogP contribution in [-0.2, 0) is 0 Å². The highest BCUT2D eigenvalue weighted by molar-refractivity contribution is 6.07. The summed E-state index contributed by atoms with van der Waals surface area (Å²) < 4.78 is 12.6. The molecule has 2 atom stereocenters. The van der Waals surface area contributed by atoms with Gasteiger partial charge in [-0.05, 0) is 36.1 Å². The molecule has 0 bridgehead atoms. The van der Waals surface area contributed by atoms with Gasteiger partial charge < -0.3 is 19.5 Å². The van der Waals surface area contributed by atoms with Crippen molar-refractivity contribution in [2.75, 3.05) is 10.6 Å². The first-order valence-electron chi connectivity index (χ1n) is 20.0. The first-order valence-corrected chi connectivity index (χ1v) is 20.0. The Labute approximate surface area is 348 Å². The second-order valence-corrected chi connectivity index (χ2v) is 14.4. The monoisotopic (exact) mass is 782 g/mol. The Bertz CT molecular complexity index is 2740. The van der Waals surface area contributed by atoms with Crippen LogP contribution in [-0.4, -0.2) is 19.9 Å². The van der Waals surface area contributed by atoms with Gasteiger partial charge in [0.05, 0.1) is 10.8 Å². The van der Waals surface area contributed by atoms with Gasteiger partial charge >= 0.3 is 0 Å². The third kappa shape index (κ3) is 7.86. The summed E-state index contributed by atoms with van der Waals surface area (Å²) in [6.07, 6.45) is 3.10. The van der Waals surface area contributed by atoms with Crippen molar-refractivity contribution in [3.63, 3.8) is 0 Å². The Morgan fingerprint density at radius 1 is 0.367 bits per heavy atom. The van der Waals surface area contributed by atoms with Gasteiger partial charge in [-0.25, -0.2) is 19.9 Å². The van der Waals surface area contributed by atoms with E-state index >= 15 is 0 Å². The minimum Gasteiger partial charge on any atom is -0.437 e. The quantitative estimate of drug-likeness (QED) is 0.141. The summed E-state index contributed by atoms with van der Waals surface area (Å²) >= 11 is 0. The SMILES string of the molecule is C[C@@H](Nc1ncnc2oc(-c3ccccc3)c(-c3ccccc3)c12)c1ccccc1.C[C@H](Nc1ncnc2oc(-c3ccccc3)c(-c3ccccc3)c12)c1ccccc1. The number of hydrogen-bond acceptors (Lipinski definition) is 8. The van der Waals surface area contributed by atoms with Crippen molar-refractivity contribution in [1.29, 1.82) is 0 Å². The van der Waals surface area contributed by atoms with Gasteiger partial charge in [0.15, 0.2) is 0 Å². The zero-order valence-corrected chi connectivity index (χ0v) is 33.2. The highest BCUT2D eigenvalue weighted by Gasteiger charge is 2.24. The average Bonchev–Trinajstić information content (AvgIpc) is 3.92. The zero-order valence-electron chi connectivity index (χ0n) is 33.2. The number of rotatable bonds is 10. The summed E-state index contributed by atoms with van der Waals surface area (Å²) in [5.74, 6) is 3.13. The normalized spacial score (nSPS) is 12.0. The summed E-state index contributed by atoms with van der Waals surface area (Å²) in [5, 5.41) is 8.92.